The van der Waals surface area contributed by atoms with Gasteiger partial charge >= 0.3 is 5.69 Å². The van der Waals surface area contributed by atoms with E-state index in [4.69, 9.17) is 20.9 Å². The Labute approximate surface area is 170 Å². The molecule has 1 fully saturated rings. The fourth-order valence-corrected chi connectivity index (χ4v) is 4.17. The lowest BCUT2D eigenvalue weighted by Crippen LogP contribution is -2.30. The molecule has 5 N–H and O–H groups in total. The van der Waals surface area contributed by atoms with Crippen molar-refractivity contribution in [1.82, 2.24) is 9.55 Å². The van der Waals surface area contributed by atoms with Crippen molar-refractivity contribution in [2.24, 2.45) is 17.4 Å². The van der Waals surface area contributed by atoms with Gasteiger partial charge in [0.1, 0.15) is 11.4 Å². The van der Waals surface area contributed by atoms with E-state index in [2.05, 4.69) is 10.3 Å². The van der Waals surface area contributed by atoms with Crippen molar-refractivity contribution >= 4 is 11.5 Å². The zero-order valence-corrected chi connectivity index (χ0v) is 16.6. The number of para-hydroxylation sites is 1. The van der Waals surface area contributed by atoms with Crippen molar-refractivity contribution in [2.45, 2.75) is 44.6 Å². The Morgan fingerprint density at radius 3 is 2.76 bits per heavy atom. The highest BCUT2D eigenvalue weighted by Gasteiger charge is 2.27. The first-order valence-electron chi connectivity index (χ1n) is 10.4. The summed E-state index contributed by atoms with van der Waals surface area (Å²) in [6, 6.07) is 5.77. The molecular formula is C21H29N5O3. The number of nitrogens with two attached hydrogens (primary N) is 2. The van der Waals surface area contributed by atoms with Gasteiger partial charge in [0.05, 0.1) is 12.8 Å². The average Bonchev–Trinajstić information content (AvgIpc) is 2.73. The summed E-state index contributed by atoms with van der Waals surface area (Å²) >= 11 is 0. The van der Waals surface area contributed by atoms with Crippen molar-refractivity contribution in [3.05, 3.63) is 34.9 Å². The van der Waals surface area contributed by atoms with Gasteiger partial charge in [-0.15, -0.1) is 0 Å². The van der Waals surface area contributed by atoms with Crippen LogP contribution < -0.4 is 31.9 Å². The van der Waals surface area contributed by atoms with Crippen LogP contribution in [0, 0.1) is 5.92 Å². The normalized spacial score (nSPS) is 20.2. The molecule has 1 saturated carbocycles. The highest BCUT2D eigenvalue weighted by atomic mass is 16.5. The molecule has 2 aromatic rings. The molecule has 0 amide bonds. The molecule has 8 heteroatoms. The Balaban J connectivity index is 1.53. The number of rotatable bonds is 7. The summed E-state index contributed by atoms with van der Waals surface area (Å²) in [4.78, 5) is 17.0. The summed E-state index contributed by atoms with van der Waals surface area (Å²) in [5.74, 6) is 2.96. The highest BCUT2D eigenvalue weighted by Crippen LogP contribution is 2.45. The Kier molecular flexibility index (Phi) is 6.01. The Hall–Kier alpha value is -2.58. The predicted molar refractivity (Wildman–Crippen MR) is 112 cm³/mol. The highest BCUT2D eigenvalue weighted by molar-refractivity contribution is 5.77. The van der Waals surface area contributed by atoms with Crippen LogP contribution in [0.4, 0.5) is 11.5 Å². The SMILES string of the molecule is NCCCOc1cccc2c1Nc1nc(=O)n(C3CCC(CCN)CC3)cc1O2. The molecule has 1 aromatic heterocycles. The number of ether oxygens (including phenoxy) is 2. The number of anilines is 2. The van der Waals surface area contributed by atoms with Gasteiger partial charge in [0, 0.05) is 6.04 Å². The lowest BCUT2D eigenvalue weighted by Gasteiger charge is -2.30. The smallest absolute Gasteiger partial charge is 0.350 e. The fourth-order valence-electron chi connectivity index (χ4n) is 4.17. The van der Waals surface area contributed by atoms with Gasteiger partial charge < -0.3 is 26.3 Å². The molecule has 0 spiro atoms. The standard InChI is InChI=1S/C21H29N5O3/c22-10-2-12-28-16-3-1-4-17-19(16)24-20-18(29-17)13-26(21(27)25-20)15-7-5-14(6-8-15)9-11-23/h1,3-4,13-15H,2,5-12,22-23H2,(H,24,25,27). The summed E-state index contributed by atoms with van der Waals surface area (Å²) in [5.41, 5.74) is 11.6. The third-order valence-electron chi connectivity index (χ3n) is 5.76. The van der Waals surface area contributed by atoms with E-state index in [0.717, 1.165) is 45.1 Å². The molecule has 2 heterocycles. The van der Waals surface area contributed by atoms with Gasteiger partial charge in [0.15, 0.2) is 17.3 Å². The monoisotopic (exact) mass is 399 g/mol. The quantitative estimate of drug-likeness (QED) is 0.523. The molecule has 156 valence electrons. The molecule has 1 aliphatic heterocycles. The third kappa shape index (κ3) is 4.23. The summed E-state index contributed by atoms with van der Waals surface area (Å²) < 4.78 is 13.6. The number of hydrogen-bond acceptors (Lipinski definition) is 7. The van der Waals surface area contributed by atoms with Crippen LogP contribution in [0.3, 0.4) is 0 Å². The molecule has 8 nitrogen and oxygen atoms in total. The van der Waals surface area contributed by atoms with Gasteiger partial charge in [-0.3, -0.25) is 4.57 Å². The van der Waals surface area contributed by atoms with E-state index in [0.29, 0.717) is 47.8 Å². The zero-order valence-electron chi connectivity index (χ0n) is 16.6. The minimum absolute atomic E-state index is 0.158. The molecule has 29 heavy (non-hydrogen) atoms. The van der Waals surface area contributed by atoms with E-state index in [9.17, 15) is 4.79 Å². The van der Waals surface area contributed by atoms with E-state index < -0.39 is 0 Å². The minimum Gasteiger partial charge on any atom is -0.491 e. The predicted octanol–water partition coefficient (Wildman–Crippen LogP) is 2.90. The topological polar surface area (TPSA) is 117 Å². The first-order valence-corrected chi connectivity index (χ1v) is 10.4. The summed E-state index contributed by atoms with van der Waals surface area (Å²) in [5, 5.41) is 3.21. The van der Waals surface area contributed by atoms with Crippen LogP contribution in [0.25, 0.3) is 0 Å². The lowest BCUT2D eigenvalue weighted by atomic mass is 9.84. The number of hydrogen-bond donors (Lipinski definition) is 3. The summed E-state index contributed by atoms with van der Waals surface area (Å²) in [6.07, 6.45) is 7.73. The van der Waals surface area contributed by atoms with Crippen molar-refractivity contribution in [3.8, 4) is 17.2 Å². The second kappa shape index (κ2) is 8.84. The molecule has 0 radical (unpaired) electrons. The molecule has 1 aromatic carbocycles. The maximum absolute atomic E-state index is 12.7. The maximum atomic E-state index is 12.7. The molecule has 4 rings (SSSR count). The van der Waals surface area contributed by atoms with Gasteiger partial charge in [0.25, 0.3) is 0 Å². The van der Waals surface area contributed by atoms with E-state index in [1.54, 1.807) is 10.8 Å². The van der Waals surface area contributed by atoms with Gasteiger partial charge in [-0.05, 0) is 69.7 Å². The molecule has 0 atom stereocenters. The van der Waals surface area contributed by atoms with Crippen LogP contribution in [0.2, 0.25) is 0 Å². The number of nitrogens with one attached hydrogen (secondary N) is 1. The van der Waals surface area contributed by atoms with E-state index in [1.807, 2.05) is 18.2 Å². The van der Waals surface area contributed by atoms with Crippen LogP contribution in [0.1, 0.15) is 44.6 Å². The number of fused-ring (bicyclic) bond motifs is 2. The second-order valence-electron chi connectivity index (χ2n) is 7.74. The molecule has 0 saturated heterocycles. The van der Waals surface area contributed by atoms with E-state index in [1.165, 1.54) is 0 Å². The largest absolute Gasteiger partial charge is 0.491 e. The fraction of sp³-hybridized carbons (Fsp3) is 0.524. The van der Waals surface area contributed by atoms with E-state index >= 15 is 0 Å². The van der Waals surface area contributed by atoms with Gasteiger partial charge in [-0.2, -0.15) is 4.98 Å². The molecular weight excluding hydrogens is 370 g/mol. The maximum Gasteiger partial charge on any atom is 0.350 e. The first-order chi connectivity index (χ1) is 14.2. The van der Waals surface area contributed by atoms with Crippen molar-refractivity contribution < 1.29 is 9.47 Å². The molecule has 0 unspecified atom stereocenters. The third-order valence-corrected chi connectivity index (χ3v) is 5.76. The summed E-state index contributed by atoms with van der Waals surface area (Å²) in [6.45, 7) is 1.81. The van der Waals surface area contributed by atoms with Crippen LogP contribution >= 0.6 is 0 Å². The number of nitrogens with zero attached hydrogens (tertiary/aromatic N) is 2. The number of benzene rings is 1. The Morgan fingerprint density at radius 2 is 2.00 bits per heavy atom. The van der Waals surface area contributed by atoms with Crippen LogP contribution in [0.15, 0.2) is 29.2 Å². The Morgan fingerprint density at radius 1 is 1.17 bits per heavy atom. The average molecular weight is 399 g/mol. The molecule has 1 aliphatic carbocycles. The van der Waals surface area contributed by atoms with Crippen LogP contribution in [-0.2, 0) is 0 Å². The van der Waals surface area contributed by atoms with E-state index in [-0.39, 0.29) is 11.7 Å². The van der Waals surface area contributed by atoms with Crippen molar-refractivity contribution in [1.29, 1.82) is 0 Å². The van der Waals surface area contributed by atoms with Crippen molar-refractivity contribution in [3.63, 3.8) is 0 Å². The second-order valence-corrected chi connectivity index (χ2v) is 7.74. The molecule has 2 aliphatic rings. The Bertz CT molecular complexity index is 906. The molecule has 0 bridgehead atoms. The lowest BCUT2D eigenvalue weighted by molar-refractivity contribution is 0.259. The van der Waals surface area contributed by atoms with Gasteiger partial charge in [-0.25, -0.2) is 4.79 Å². The minimum atomic E-state index is -0.257. The zero-order chi connectivity index (χ0) is 20.2. The van der Waals surface area contributed by atoms with Crippen LogP contribution in [0.5, 0.6) is 17.2 Å². The van der Waals surface area contributed by atoms with Gasteiger partial charge in [-0.1, -0.05) is 6.07 Å². The number of aromatic nitrogens is 2. The van der Waals surface area contributed by atoms with Crippen LogP contribution in [-0.4, -0.2) is 29.2 Å². The first kappa shape index (κ1) is 19.7. The van der Waals surface area contributed by atoms with Crippen molar-refractivity contribution in [2.75, 3.05) is 25.0 Å². The van der Waals surface area contributed by atoms with Gasteiger partial charge in [0.2, 0.25) is 0 Å². The summed E-state index contributed by atoms with van der Waals surface area (Å²) in [7, 11) is 0.